The molecule has 0 amide bonds. The smallest absolute Gasteiger partial charge is 0.191 e. The summed E-state index contributed by atoms with van der Waals surface area (Å²) in [7, 11) is 0. The first-order valence-corrected chi connectivity index (χ1v) is 9.77. The Bertz CT molecular complexity index is 444. The van der Waals surface area contributed by atoms with E-state index in [9.17, 15) is 0 Å². The monoisotopic (exact) mass is 342 g/mol. The van der Waals surface area contributed by atoms with Gasteiger partial charge in [-0.1, -0.05) is 11.8 Å². The molecular formula is C15H26N4OS2. The van der Waals surface area contributed by atoms with E-state index in [-0.39, 0.29) is 5.60 Å². The predicted octanol–water partition coefficient (Wildman–Crippen LogP) is 2.75. The lowest BCUT2D eigenvalue weighted by atomic mass is 10.0. The van der Waals surface area contributed by atoms with E-state index in [0.29, 0.717) is 0 Å². The first kappa shape index (κ1) is 17.6. The van der Waals surface area contributed by atoms with Crippen molar-refractivity contribution in [1.82, 2.24) is 15.6 Å². The van der Waals surface area contributed by atoms with Crippen LogP contribution < -0.4 is 10.6 Å². The molecule has 1 unspecified atom stereocenters. The molecule has 22 heavy (non-hydrogen) atoms. The first-order valence-electron chi connectivity index (χ1n) is 7.90. The number of aromatic nitrogens is 1. The van der Waals surface area contributed by atoms with Gasteiger partial charge in [-0.15, -0.1) is 11.3 Å². The van der Waals surface area contributed by atoms with Crippen LogP contribution in [0.5, 0.6) is 0 Å². The number of thioether (sulfide) groups is 1. The summed E-state index contributed by atoms with van der Waals surface area (Å²) < 4.78 is 6.93. The van der Waals surface area contributed by atoms with Crippen LogP contribution in [0.4, 0.5) is 0 Å². The Labute approximate surface area is 141 Å². The van der Waals surface area contributed by atoms with Gasteiger partial charge in [0.2, 0.25) is 0 Å². The van der Waals surface area contributed by atoms with Gasteiger partial charge < -0.3 is 15.4 Å². The van der Waals surface area contributed by atoms with Crippen molar-refractivity contribution in [3.8, 4) is 0 Å². The van der Waals surface area contributed by atoms with Crippen LogP contribution in [0, 0.1) is 0 Å². The van der Waals surface area contributed by atoms with Crippen LogP contribution in [0.15, 0.2) is 20.9 Å². The second-order valence-electron chi connectivity index (χ2n) is 5.52. The third-order valence-corrected chi connectivity index (χ3v) is 5.52. The second kappa shape index (κ2) is 9.37. The van der Waals surface area contributed by atoms with Crippen molar-refractivity contribution >= 4 is 29.1 Å². The quantitative estimate of drug-likeness (QED) is 0.329. The summed E-state index contributed by atoms with van der Waals surface area (Å²) in [5.74, 6) is 1.96. The summed E-state index contributed by atoms with van der Waals surface area (Å²) in [5, 5.41) is 8.71. The lowest BCUT2D eigenvalue weighted by Crippen LogP contribution is -2.39. The largest absolute Gasteiger partial charge is 0.373 e. The van der Waals surface area contributed by atoms with Gasteiger partial charge in [0.15, 0.2) is 5.96 Å². The molecule has 1 aromatic rings. The molecule has 2 rings (SSSR count). The molecule has 0 bridgehead atoms. The third kappa shape index (κ3) is 6.14. The zero-order valence-corrected chi connectivity index (χ0v) is 15.1. The molecule has 1 fully saturated rings. The van der Waals surface area contributed by atoms with Crippen molar-refractivity contribution in [3.05, 3.63) is 11.6 Å². The Hall–Kier alpha value is -0.790. The molecule has 2 heterocycles. The molecule has 5 nitrogen and oxygen atoms in total. The summed E-state index contributed by atoms with van der Waals surface area (Å²) in [6.07, 6.45) is 5.18. The number of guanidine groups is 1. The molecule has 0 aliphatic carbocycles. The summed E-state index contributed by atoms with van der Waals surface area (Å²) in [6.45, 7) is 7.61. The minimum atomic E-state index is -0.0803. The number of aliphatic imine (C=N–C) groups is 1. The summed E-state index contributed by atoms with van der Waals surface area (Å²) in [5.41, 5.74) is -0.0803. The Kier molecular flexibility index (Phi) is 7.48. The molecule has 1 atom stereocenters. The number of hydrogen-bond acceptors (Lipinski definition) is 5. The fourth-order valence-corrected chi connectivity index (χ4v) is 3.92. The summed E-state index contributed by atoms with van der Waals surface area (Å²) >= 11 is 3.51. The SMILES string of the molecule is CCNC(=NCC1(C)CCCO1)NCCCSc1nccs1. The number of hydrogen-bond donors (Lipinski definition) is 2. The van der Waals surface area contributed by atoms with Crippen LogP contribution in [0.1, 0.15) is 33.1 Å². The van der Waals surface area contributed by atoms with Crippen LogP contribution in [0.25, 0.3) is 0 Å². The van der Waals surface area contributed by atoms with E-state index < -0.39 is 0 Å². The second-order valence-corrected chi connectivity index (χ2v) is 7.76. The maximum atomic E-state index is 5.78. The lowest BCUT2D eigenvalue weighted by molar-refractivity contribution is 0.0283. The van der Waals surface area contributed by atoms with E-state index in [1.165, 1.54) is 0 Å². The Balaban J connectivity index is 1.66. The van der Waals surface area contributed by atoms with E-state index >= 15 is 0 Å². The van der Waals surface area contributed by atoms with Crippen molar-refractivity contribution < 1.29 is 4.74 Å². The number of thiazole rings is 1. The predicted molar refractivity (Wildman–Crippen MR) is 95.0 cm³/mol. The van der Waals surface area contributed by atoms with Gasteiger partial charge in [-0.2, -0.15) is 0 Å². The van der Waals surface area contributed by atoms with Gasteiger partial charge in [-0.05, 0) is 33.1 Å². The van der Waals surface area contributed by atoms with Gasteiger partial charge in [-0.3, -0.25) is 4.99 Å². The highest BCUT2D eigenvalue weighted by molar-refractivity contribution is 8.00. The van der Waals surface area contributed by atoms with E-state index in [1.807, 2.05) is 23.3 Å². The molecule has 0 aromatic carbocycles. The van der Waals surface area contributed by atoms with Crippen molar-refractivity contribution in [2.24, 2.45) is 4.99 Å². The molecule has 2 N–H and O–H groups in total. The maximum absolute atomic E-state index is 5.78. The minimum Gasteiger partial charge on any atom is -0.373 e. The summed E-state index contributed by atoms with van der Waals surface area (Å²) in [4.78, 5) is 8.94. The van der Waals surface area contributed by atoms with E-state index in [1.54, 1.807) is 11.3 Å². The fraction of sp³-hybridized carbons (Fsp3) is 0.733. The molecule has 1 aliphatic heterocycles. The van der Waals surface area contributed by atoms with Gasteiger partial charge in [0.25, 0.3) is 0 Å². The van der Waals surface area contributed by atoms with Gasteiger partial charge in [0, 0.05) is 37.0 Å². The third-order valence-electron chi connectivity index (χ3n) is 3.47. The normalized spacial score (nSPS) is 22.0. The molecule has 1 saturated heterocycles. The zero-order valence-electron chi connectivity index (χ0n) is 13.4. The standard InChI is InChI=1S/C15H26N4OS2/c1-3-16-13(19-12-15(2)6-4-9-20-15)17-7-5-10-21-14-18-8-11-22-14/h8,11H,3-7,9-10,12H2,1-2H3,(H2,16,17,19). The molecule has 0 saturated carbocycles. The first-order chi connectivity index (χ1) is 10.7. The molecule has 7 heteroatoms. The average Bonchev–Trinajstić information content (AvgIpc) is 3.16. The van der Waals surface area contributed by atoms with Gasteiger partial charge >= 0.3 is 0 Å². The Morgan fingerprint density at radius 3 is 3.14 bits per heavy atom. The average molecular weight is 343 g/mol. The van der Waals surface area contributed by atoms with E-state index in [4.69, 9.17) is 4.74 Å². The molecule has 124 valence electrons. The Morgan fingerprint density at radius 1 is 1.55 bits per heavy atom. The van der Waals surface area contributed by atoms with E-state index in [2.05, 4.69) is 34.5 Å². The minimum absolute atomic E-state index is 0.0803. The van der Waals surface area contributed by atoms with Crippen molar-refractivity contribution in [2.45, 2.75) is 43.1 Å². The summed E-state index contributed by atoms with van der Waals surface area (Å²) in [6, 6.07) is 0. The highest BCUT2D eigenvalue weighted by atomic mass is 32.2. The topological polar surface area (TPSA) is 58.5 Å². The molecule has 0 spiro atoms. The highest BCUT2D eigenvalue weighted by Crippen LogP contribution is 2.25. The molecule has 1 aromatic heterocycles. The van der Waals surface area contributed by atoms with Crippen molar-refractivity contribution in [3.63, 3.8) is 0 Å². The number of nitrogens with zero attached hydrogens (tertiary/aromatic N) is 2. The highest BCUT2D eigenvalue weighted by Gasteiger charge is 2.29. The van der Waals surface area contributed by atoms with Crippen molar-refractivity contribution in [2.75, 3.05) is 32.0 Å². The molecular weight excluding hydrogens is 316 g/mol. The van der Waals surface area contributed by atoms with Crippen LogP contribution >= 0.6 is 23.1 Å². The van der Waals surface area contributed by atoms with Crippen LogP contribution in [-0.2, 0) is 4.74 Å². The lowest BCUT2D eigenvalue weighted by Gasteiger charge is -2.21. The van der Waals surface area contributed by atoms with Crippen LogP contribution in [-0.4, -0.2) is 48.5 Å². The fourth-order valence-electron chi connectivity index (χ4n) is 2.27. The van der Waals surface area contributed by atoms with Crippen LogP contribution in [0.3, 0.4) is 0 Å². The number of nitrogens with one attached hydrogen (secondary N) is 2. The number of ether oxygens (including phenoxy) is 1. The maximum Gasteiger partial charge on any atom is 0.191 e. The van der Waals surface area contributed by atoms with Gasteiger partial charge in [-0.25, -0.2) is 4.98 Å². The van der Waals surface area contributed by atoms with Gasteiger partial charge in [0.05, 0.1) is 12.1 Å². The van der Waals surface area contributed by atoms with Gasteiger partial charge in [0.1, 0.15) is 4.34 Å². The van der Waals surface area contributed by atoms with Crippen LogP contribution in [0.2, 0.25) is 0 Å². The molecule has 0 radical (unpaired) electrons. The number of rotatable bonds is 8. The van der Waals surface area contributed by atoms with E-state index in [0.717, 1.165) is 61.6 Å². The molecule has 1 aliphatic rings. The van der Waals surface area contributed by atoms with Crippen molar-refractivity contribution in [1.29, 1.82) is 0 Å². The Morgan fingerprint density at radius 2 is 2.45 bits per heavy atom. The zero-order chi connectivity index (χ0) is 15.7.